The second-order valence-corrected chi connectivity index (χ2v) is 7.10. The van der Waals surface area contributed by atoms with Crippen LogP contribution in [-0.4, -0.2) is 32.2 Å². The maximum atomic E-state index is 12.4. The SMILES string of the molecule is CCCCCCCCN(C(=O)C(F)(F)F)[Si](C)C. The molecule has 2 nitrogen and oxygen atoms in total. The standard InChI is InChI=1S/C12H23F3NOSi/c1-4-5-6-7-8-9-10-16(18(2)3)11(17)12(13,14)15/h4-10H2,1-3H3. The van der Waals surface area contributed by atoms with E-state index in [4.69, 9.17) is 0 Å². The third kappa shape index (κ3) is 7.03. The summed E-state index contributed by atoms with van der Waals surface area (Å²) in [6, 6.07) is 0. The highest BCUT2D eigenvalue weighted by Gasteiger charge is 2.42. The Balaban J connectivity index is 4.03. The Morgan fingerprint density at radius 3 is 2.00 bits per heavy atom. The molecule has 0 aliphatic carbocycles. The number of rotatable bonds is 8. The fourth-order valence-corrected chi connectivity index (χ4v) is 2.87. The van der Waals surface area contributed by atoms with Crippen molar-refractivity contribution in [2.75, 3.05) is 6.54 Å². The second kappa shape index (κ2) is 8.56. The molecule has 0 aliphatic rings. The Morgan fingerprint density at radius 1 is 1.06 bits per heavy atom. The number of alkyl halides is 3. The first-order chi connectivity index (χ1) is 8.30. The van der Waals surface area contributed by atoms with Gasteiger partial charge in [-0.25, -0.2) is 0 Å². The van der Waals surface area contributed by atoms with Gasteiger partial charge in [-0.3, -0.25) is 4.79 Å². The average molecular weight is 282 g/mol. The van der Waals surface area contributed by atoms with Gasteiger partial charge in [0.05, 0.1) is 0 Å². The zero-order chi connectivity index (χ0) is 14.2. The molecule has 0 aliphatic heterocycles. The Morgan fingerprint density at radius 2 is 1.56 bits per heavy atom. The van der Waals surface area contributed by atoms with Gasteiger partial charge in [-0.15, -0.1) is 0 Å². The number of nitrogens with zero attached hydrogens (tertiary/aromatic N) is 1. The Labute approximate surface area is 109 Å². The van der Waals surface area contributed by atoms with Crippen molar-refractivity contribution in [3.8, 4) is 0 Å². The average Bonchev–Trinajstić information content (AvgIpc) is 2.25. The topological polar surface area (TPSA) is 20.3 Å². The van der Waals surface area contributed by atoms with Gasteiger partial charge in [0.2, 0.25) is 0 Å². The van der Waals surface area contributed by atoms with Gasteiger partial charge in [0.1, 0.15) is 0 Å². The molecular formula is C12H23F3NOSi. The fourth-order valence-electron chi connectivity index (χ4n) is 1.73. The minimum absolute atomic E-state index is 0.242. The van der Waals surface area contributed by atoms with E-state index in [1.807, 2.05) is 0 Å². The summed E-state index contributed by atoms with van der Waals surface area (Å²) in [6.07, 6.45) is 1.32. The molecule has 0 saturated heterocycles. The number of hydrogen-bond donors (Lipinski definition) is 0. The van der Waals surface area contributed by atoms with Gasteiger partial charge in [0.25, 0.3) is 0 Å². The van der Waals surface area contributed by atoms with Crippen molar-refractivity contribution >= 4 is 14.9 Å². The van der Waals surface area contributed by atoms with E-state index in [2.05, 4.69) is 6.92 Å². The maximum absolute atomic E-state index is 12.4. The van der Waals surface area contributed by atoms with E-state index in [1.165, 1.54) is 6.42 Å². The molecule has 0 aromatic carbocycles. The molecule has 1 radical (unpaired) electrons. The Hall–Kier alpha value is -0.523. The summed E-state index contributed by atoms with van der Waals surface area (Å²) in [4.78, 5) is 11.2. The van der Waals surface area contributed by atoms with E-state index >= 15 is 0 Å². The summed E-state index contributed by atoms with van der Waals surface area (Å²) in [5, 5.41) is 0. The van der Waals surface area contributed by atoms with Gasteiger partial charge >= 0.3 is 12.1 Å². The first-order valence-electron chi connectivity index (χ1n) is 6.49. The van der Waals surface area contributed by atoms with E-state index in [9.17, 15) is 18.0 Å². The summed E-state index contributed by atoms with van der Waals surface area (Å²) in [5.41, 5.74) is 0. The molecule has 0 N–H and O–H groups in total. The van der Waals surface area contributed by atoms with Crippen molar-refractivity contribution in [2.24, 2.45) is 0 Å². The fraction of sp³-hybridized carbons (Fsp3) is 0.917. The molecule has 0 bridgehead atoms. The molecule has 0 fully saturated rings. The molecule has 0 aromatic heterocycles. The summed E-state index contributed by atoms with van der Waals surface area (Å²) in [7, 11) is -1.39. The van der Waals surface area contributed by atoms with Crippen molar-refractivity contribution in [2.45, 2.75) is 64.7 Å². The lowest BCUT2D eigenvalue weighted by molar-refractivity contribution is -0.180. The molecule has 1 amide bonds. The van der Waals surface area contributed by atoms with E-state index < -0.39 is 21.0 Å². The molecule has 0 aromatic rings. The molecule has 0 spiro atoms. The molecule has 0 unspecified atom stereocenters. The summed E-state index contributed by atoms with van der Waals surface area (Å²) in [5.74, 6) is -1.67. The van der Waals surface area contributed by atoms with Gasteiger partial charge < -0.3 is 4.57 Å². The van der Waals surface area contributed by atoms with E-state index in [-0.39, 0.29) is 6.54 Å². The second-order valence-electron chi connectivity index (χ2n) is 4.67. The maximum Gasteiger partial charge on any atom is 0.470 e. The van der Waals surface area contributed by atoms with Gasteiger partial charge in [-0.1, -0.05) is 52.1 Å². The van der Waals surface area contributed by atoms with Gasteiger partial charge in [0.15, 0.2) is 8.96 Å². The van der Waals surface area contributed by atoms with Gasteiger partial charge in [0, 0.05) is 6.54 Å². The van der Waals surface area contributed by atoms with E-state index in [0.29, 0.717) is 6.42 Å². The van der Waals surface area contributed by atoms with Crippen molar-refractivity contribution in [3.63, 3.8) is 0 Å². The quantitative estimate of drug-likeness (QED) is 0.487. The number of halogens is 3. The van der Waals surface area contributed by atoms with Gasteiger partial charge in [-0.2, -0.15) is 13.2 Å². The predicted molar refractivity (Wildman–Crippen MR) is 68.6 cm³/mol. The molecule has 18 heavy (non-hydrogen) atoms. The summed E-state index contributed by atoms with van der Waals surface area (Å²) in [6.45, 7) is 5.79. The molecular weight excluding hydrogens is 259 g/mol. The molecule has 0 saturated carbocycles. The number of carbonyl (C=O) groups excluding carboxylic acids is 1. The summed E-state index contributed by atoms with van der Waals surface area (Å²) < 4.78 is 38.1. The van der Waals surface area contributed by atoms with Crippen LogP contribution in [0.2, 0.25) is 13.1 Å². The molecule has 6 heteroatoms. The highest BCUT2D eigenvalue weighted by Crippen LogP contribution is 2.20. The normalized spacial score (nSPS) is 11.9. The minimum Gasteiger partial charge on any atom is -0.362 e. The van der Waals surface area contributed by atoms with Crippen LogP contribution in [0.5, 0.6) is 0 Å². The molecule has 0 atom stereocenters. The van der Waals surface area contributed by atoms with Crippen LogP contribution in [0, 0.1) is 0 Å². The monoisotopic (exact) mass is 282 g/mol. The minimum atomic E-state index is -4.73. The van der Waals surface area contributed by atoms with E-state index in [1.54, 1.807) is 13.1 Å². The van der Waals surface area contributed by atoms with Crippen LogP contribution in [0.3, 0.4) is 0 Å². The zero-order valence-electron chi connectivity index (χ0n) is 11.4. The van der Waals surface area contributed by atoms with Crippen LogP contribution in [0.25, 0.3) is 0 Å². The van der Waals surface area contributed by atoms with Crippen molar-refractivity contribution in [1.29, 1.82) is 0 Å². The lowest BCUT2D eigenvalue weighted by Crippen LogP contribution is -2.47. The van der Waals surface area contributed by atoms with Gasteiger partial charge in [-0.05, 0) is 6.42 Å². The predicted octanol–water partition coefficient (Wildman–Crippen LogP) is 3.99. The van der Waals surface area contributed by atoms with Crippen molar-refractivity contribution in [1.82, 2.24) is 4.57 Å². The summed E-state index contributed by atoms with van der Waals surface area (Å²) >= 11 is 0. The van der Waals surface area contributed by atoms with Crippen molar-refractivity contribution in [3.05, 3.63) is 0 Å². The van der Waals surface area contributed by atoms with Crippen LogP contribution in [-0.2, 0) is 4.79 Å². The lowest BCUT2D eigenvalue weighted by atomic mass is 10.1. The van der Waals surface area contributed by atoms with Crippen LogP contribution in [0.15, 0.2) is 0 Å². The highest BCUT2D eigenvalue weighted by molar-refractivity contribution is 6.55. The van der Waals surface area contributed by atoms with Crippen LogP contribution in [0.4, 0.5) is 13.2 Å². The smallest absolute Gasteiger partial charge is 0.362 e. The zero-order valence-corrected chi connectivity index (χ0v) is 12.4. The number of hydrogen-bond acceptors (Lipinski definition) is 1. The number of carbonyl (C=O) groups is 1. The number of amides is 1. The van der Waals surface area contributed by atoms with Crippen molar-refractivity contribution < 1.29 is 18.0 Å². The van der Waals surface area contributed by atoms with Crippen LogP contribution >= 0.6 is 0 Å². The first-order valence-corrected chi connectivity index (χ1v) is 8.94. The third-order valence-electron chi connectivity index (χ3n) is 2.76. The molecule has 107 valence electrons. The Kier molecular flexibility index (Phi) is 8.31. The molecule has 0 heterocycles. The first kappa shape index (κ1) is 17.5. The largest absolute Gasteiger partial charge is 0.470 e. The Bertz CT molecular complexity index is 244. The van der Waals surface area contributed by atoms with Crippen LogP contribution in [0.1, 0.15) is 45.4 Å². The third-order valence-corrected chi connectivity index (χ3v) is 4.27. The van der Waals surface area contributed by atoms with Crippen LogP contribution < -0.4 is 0 Å². The van der Waals surface area contributed by atoms with E-state index in [0.717, 1.165) is 30.2 Å². The highest BCUT2D eigenvalue weighted by atomic mass is 28.3. The number of unbranched alkanes of at least 4 members (excludes halogenated alkanes) is 5. The molecule has 0 rings (SSSR count). The lowest BCUT2D eigenvalue weighted by Gasteiger charge is -2.26.